The summed E-state index contributed by atoms with van der Waals surface area (Å²) in [6.07, 6.45) is 3.80. The Morgan fingerprint density at radius 1 is 1.00 bits per heavy atom. The molecule has 2 aromatic carbocycles. The zero-order valence-corrected chi connectivity index (χ0v) is 12.0. The van der Waals surface area contributed by atoms with E-state index in [1.54, 1.807) is 0 Å². The summed E-state index contributed by atoms with van der Waals surface area (Å²) in [4.78, 5) is 2.56. The van der Waals surface area contributed by atoms with Crippen molar-refractivity contribution in [2.45, 2.75) is 32.2 Å². The highest BCUT2D eigenvalue weighted by Crippen LogP contribution is 2.36. The topological polar surface area (TPSA) is 29.3 Å². The SMILES string of the molecule is Cc1ccccc1N1CCCCC1c1ccc(N)cc1. The Bertz CT molecular complexity index is 574. The quantitative estimate of drug-likeness (QED) is 0.821. The molecule has 1 heterocycles. The van der Waals surface area contributed by atoms with Crippen LogP contribution in [0.2, 0.25) is 0 Å². The van der Waals surface area contributed by atoms with Crippen molar-refractivity contribution in [3.63, 3.8) is 0 Å². The smallest absolute Gasteiger partial charge is 0.0542 e. The maximum Gasteiger partial charge on any atom is 0.0542 e. The number of rotatable bonds is 2. The molecule has 0 saturated carbocycles. The van der Waals surface area contributed by atoms with Crippen LogP contribution in [0.25, 0.3) is 0 Å². The van der Waals surface area contributed by atoms with Crippen molar-refractivity contribution in [3.05, 3.63) is 59.7 Å². The first-order valence-corrected chi connectivity index (χ1v) is 7.43. The summed E-state index contributed by atoms with van der Waals surface area (Å²) >= 11 is 0. The number of hydrogen-bond acceptors (Lipinski definition) is 2. The minimum absolute atomic E-state index is 0.477. The number of hydrogen-bond donors (Lipinski definition) is 1. The van der Waals surface area contributed by atoms with Crippen molar-refractivity contribution in [1.82, 2.24) is 0 Å². The van der Waals surface area contributed by atoms with Gasteiger partial charge in [-0.05, 0) is 55.5 Å². The van der Waals surface area contributed by atoms with Gasteiger partial charge in [-0.2, -0.15) is 0 Å². The highest BCUT2D eigenvalue weighted by molar-refractivity contribution is 5.55. The molecular formula is C18H22N2. The maximum atomic E-state index is 5.81. The van der Waals surface area contributed by atoms with Crippen molar-refractivity contribution in [2.24, 2.45) is 0 Å². The van der Waals surface area contributed by atoms with Crippen LogP contribution < -0.4 is 10.6 Å². The Morgan fingerprint density at radius 3 is 2.50 bits per heavy atom. The van der Waals surface area contributed by atoms with Gasteiger partial charge < -0.3 is 10.6 Å². The van der Waals surface area contributed by atoms with Crippen LogP contribution in [0, 0.1) is 6.92 Å². The van der Waals surface area contributed by atoms with Crippen LogP contribution >= 0.6 is 0 Å². The fraction of sp³-hybridized carbons (Fsp3) is 0.333. The lowest BCUT2D eigenvalue weighted by Crippen LogP contribution is -2.33. The molecule has 0 aliphatic carbocycles. The molecule has 0 aromatic heterocycles. The van der Waals surface area contributed by atoms with Crippen molar-refractivity contribution in [2.75, 3.05) is 17.2 Å². The summed E-state index contributed by atoms with van der Waals surface area (Å²) in [5.74, 6) is 0. The first kappa shape index (κ1) is 13.0. The van der Waals surface area contributed by atoms with E-state index in [0.717, 1.165) is 12.2 Å². The molecule has 20 heavy (non-hydrogen) atoms. The molecule has 2 N–H and O–H groups in total. The molecule has 104 valence electrons. The van der Waals surface area contributed by atoms with Gasteiger partial charge in [0.05, 0.1) is 6.04 Å². The zero-order chi connectivity index (χ0) is 13.9. The van der Waals surface area contributed by atoms with Gasteiger partial charge in [-0.25, -0.2) is 0 Å². The number of anilines is 2. The van der Waals surface area contributed by atoms with E-state index in [2.05, 4.69) is 48.2 Å². The minimum atomic E-state index is 0.477. The van der Waals surface area contributed by atoms with Crippen molar-refractivity contribution in [3.8, 4) is 0 Å². The van der Waals surface area contributed by atoms with E-state index >= 15 is 0 Å². The first-order chi connectivity index (χ1) is 9.75. The summed E-state index contributed by atoms with van der Waals surface area (Å²) in [7, 11) is 0. The summed E-state index contributed by atoms with van der Waals surface area (Å²) < 4.78 is 0. The third kappa shape index (κ3) is 2.51. The van der Waals surface area contributed by atoms with E-state index in [1.165, 1.54) is 36.1 Å². The molecule has 1 atom stereocenters. The molecule has 1 aliphatic heterocycles. The summed E-state index contributed by atoms with van der Waals surface area (Å²) in [6, 6.07) is 17.5. The highest BCUT2D eigenvalue weighted by Gasteiger charge is 2.24. The van der Waals surface area contributed by atoms with Gasteiger partial charge in [0.1, 0.15) is 0 Å². The lowest BCUT2D eigenvalue weighted by atomic mass is 9.94. The fourth-order valence-corrected chi connectivity index (χ4v) is 3.17. The van der Waals surface area contributed by atoms with E-state index in [0.29, 0.717) is 6.04 Å². The van der Waals surface area contributed by atoms with Gasteiger partial charge >= 0.3 is 0 Å². The van der Waals surface area contributed by atoms with Gasteiger partial charge in [0.15, 0.2) is 0 Å². The Kier molecular flexibility index (Phi) is 3.64. The van der Waals surface area contributed by atoms with Gasteiger partial charge in [-0.3, -0.25) is 0 Å². The van der Waals surface area contributed by atoms with Crippen molar-refractivity contribution < 1.29 is 0 Å². The standard InChI is InChI=1S/C18H22N2/c1-14-6-2-3-7-17(14)20-13-5-4-8-18(20)15-9-11-16(19)12-10-15/h2-3,6-7,9-12,18H,4-5,8,13,19H2,1H3. The third-order valence-electron chi connectivity index (χ3n) is 4.25. The second-order valence-electron chi connectivity index (χ2n) is 5.66. The molecule has 0 amide bonds. The molecule has 3 rings (SSSR count). The van der Waals surface area contributed by atoms with Gasteiger partial charge in [0.25, 0.3) is 0 Å². The molecule has 1 aliphatic rings. The largest absolute Gasteiger partial charge is 0.399 e. The second kappa shape index (κ2) is 5.58. The molecule has 2 heteroatoms. The maximum absolute atomic E-state index is 5.81. The molecule has 0 spiro atoms. The predicted octanol–water partition coefficient (Wildman–Crippen LogP) is 4.31. The van der Waals surface area contributed by atoms with Crippen LogP contribution in [0.5, 0.6) is 0 Å². The average molecular weight is 266 g/mol. The van der Waals surface area contributed by atoms with Crippen LogP contribution in [0.4, 0.5) is 11.4 Å². The Morgan fingerprint density at radius 2 is 1.75 bits per heavy atom. The number of para-hydroxylation sites is 1. The number of nitrogens with zero attached hydrogens (tertiary/aromatic N) is 1. The minimum Gasteiger partial charge on any atom is -0.399 e. The molecule has 2 aromatic rings. The van der Waals surface area contributed by atoms with Crippen molar-refractivity contribution >= 4 is 11.4 Å². The Labute approximate surface area is 121 Å². The van der Waals surface area contributed by atoms with E-state index in [9.17, 15) is 0 Å². The Hall–Kier alpha value is -1.96. The lowest BCUT2D eigenvalue weighted by Gasteiger charge is -2.38. The summed E-state index contributed by atoms with van der Waals surface area (Å²) in [6.45, 7) is 3.34. The third-order valence-corrected chi connectivity index (χ3v) is 4.25. The van der Waals surface area contributed by atoms with Gasteiger partial charge in [-0.1, -0.05) is 30.3 Å². The average Bonchev–Trinajstić information content (AvgIpc) is 2.49. The molecule has 0 radical (unpaired) electrons. The summed E-state index contributed by atoms with van der Waals surface area (Å²) in [5, 5.41) is 0. The van der Waals surface area contributed by atoms with E-state index in [1.807, 2.05) is 12.1 Å². The Balaban J connectivity index is 1.95. The molecule has 2 nitrogen and oxygen atoms in total. The van der Waals surface area contributed by atoms with E-state index < -0.39 is 0 Å². The van der Waals surface area contributed by atoms with E-state index in [-0.39, 0.29) is 0 Å². The number of benzene rings is 2. The summed E-state index contributed by atoms with van der Waals surface area (Å²) in [5.41, 5.74) is 10.8. The monoisotopic (exact) mass is 266 g/mol. The number of nitrogens with two attached hydrogens (primary N) is 1. The molecule has 1 unspecified atom stereocenters. The molecule has 1 fully saturated rings. The van der Waals surface area contributed by atoms with E-state index in [4.69, 9.17) is 5.73 Å². The molecular weight excluding hydrogens is 244 g/mol. The normalized spacial score (nSPS) is 19.1. The van der Waals surface area contributed by atoms with Crippen LogP contribution in [0.15, 0.2) is 48.5 Å². The molecule has 0 bridgehead atoms. The predicted molar refractivity (Wildman–Crippen MR) is 86.0 cm³/mol. The number of piperidine rings is 1. The van der Waals surface area contributed by atoms with Crippen molar-refractivity contribution in [1.29, 1.82) is 0 Å². The van der Waals surface area contributed by atoms with Crippen LogP contribution in [-0.2, 0) is 0 Å². The number of nitrogen functional groups attached to an aromatic ring is 1. The molecule has 1 saturated heterocycles. The van der Waals surface area contributed by atoms with Crippen LogP contribution in [-0.4, -0.2) is 6.54 Å². The highest BCUT2D eigenvalue weighted by atomic mass is 15.2. The second-order valence-corrected chi connectivity index (χ2v) is 5.66. The zero-order valence-electron chi connectivity index (χ0n) is 12.0. The fourth-order valence-electron chi connectivity index (χ4n) is 3.17. The number of aryl methyl sites for hydroxylation is 1. The van der Waals surface area contributed by atoms with Crippen LogP contribution in [0.1, 0.15) is 36.4 Å². The lowest BCUT2D eigenvalue weighted by molar-refractivity contribution is 0.472. The van der Waals surface area contributed by atoms with Gasteiger partial charge in [-0.15, -0.1) is 0 Å². The van der Waals surface area contributed by atoms with Crippen LogP contribution in [0.3, 0.4) is 0 Å². The first-order valence-electron chi connectivity index (χ1n) is 7.43. The van der Waals surface area contributed by atoms with Gasteiger partial charge in [0, 0.05) is 17.9 Å². The van der Waals surface area contributed by atoms with Gasteiger partial charge in [0.2, 0.25) is 0 Å².